The lowest BCUT2D eigenvalue weighted by Gasteiger charge is -2.34. The second-order valence-corrected chi connectivity index (χ2v) is 6.92. The summed E-state index contributed by atoms with van der Waals surface area (Å²) < 4.78 is 69.7. The molecule has 1 unspecified atom stereocenters. The van der Waals surface area contributed by atoms with Crippen LogP contribution >= 0.6 is 0 Å². The molecule has 1 saturated heterocycles. The van der Waals surface area contributed by atoms with Gasteiger partial charge < -0.3 is 15.2 Å². The number of piperidine rings is 1. The van der Waals surface area contributed by atoms with Crippen molar-refractivity contribution in [3.8, 4) is 0 Å². The third-order valence-corrected chi connectivity index (χ3v) is 4.95. The second-order valence-electron chi connectivity index (χ2n) is 6.92. The van der Waals surface area contributed by atoms with E-state index in [0.717, 1.165) is 24.3 Å². The first-order valence-electron chi connectivity index (χ1n) is 8.77. The SMILES string of the molecule is N[C@@H]1CN(c2nc3cc(F)c(F)cc3n2Cc2ccc(F)c(F)c2)CCC1F. The number of alkyl halides is 1. The molecule has 0 saturated carbocycles. The molecule has 3 aromatic rings. The molecule has 4 rings (SSSR count). The van der Waals surface area contributed by atoms with E-state index >= 15 is 0 Å². The lowest BCUT2D eigenvalue weighted by molar-refractivity contribution is 0.243. The molecule has 1 aromatic heterocycles. The zero-order chi connectivity index (χ0) is 20.0. The molecule has 0 aliphatic carbocycles. The van der Waals surface area contributed by atoms with Crippen molar-refractivity contribution in [2.75, 3.05) is 18.0 Å². The highest BCUT2D eigenvalue weighted by Crippen LogP contribution is 2.28. The molecule has 0 radical (unpaired) electrons. The Hall–Kier alpha value is -2.68. The molecule has 148 valence electrons. The van der Waals surface area contributed by atoms with Gasteiger partial charge >= 0.3 is 0 Å². The molecule has 9 heteroatoms. The van der Waals surface area contributed by atoms with Gasteiger partial charge in [0.05, 0.1) is 23.6 Å². The summed E-state index contributed by atoms with van der Waals surface area (Å²) >= 11 is 0. The normalized spacial score (nSPS) is 20.1. The lowest BCUT2D eigenvalue weighted by atomic mass is 10.1. The number of anilines is 1. The van der Waals surface area contributed by atoms with Gasteiger partial charge in [-0.25, -0.2) is 26.9 Å². The Labute approximate surface area is 157 Å². The molecule has 1 aliphatic heterocycles. The second kappa shape index (κ2) is 7.05. The van der Waals surface area contributed by atoms with Crippen molar-refractivity contribution in [2.45, 2.75) is 25.2 Å². The molecule has 0 amide bonds. The van der Waals surface area contributed by atoms with Crippen LogP contribution in [0.3, 0.4) is 0 Å². The Balaban J connectivity index is 1.81. The molecule has 1 aliphatic rings. The van der Waals surface area contributed by atoms with Crippen LogP contribution in [0.15, 0.2) is 30.3 Å². The van der Waals surface area contributed by atoms with E-state index in [1.54, 1.807) is 9.47 Å². The van der Waals surface area contributed by atoms with E-state index in [0.29, 0.717) is 18.1 Å². The Morgan fingerprint density at radius 3 is 2.43 bits per heavy atom. The number of halogens is 5. The minimum Gasteiger partial charge on any atom is -0.340 e. The van der Waals surface area contributed by atoms with E-state index in [-0.39, 0.29) is 30.5 Å². The number of nitrogens with zero attached hydrogens (tertiary/aromatic N) is 3. The van der Waals surface area contributed by atoms with Gasteiger partial charge in [0.15, 0.2) is 23.3 Å². The molecular formula is C19H17F5N4. The van der Waals surface area contributed by atoms with Crippen LogP contribution in [0.4, 0.5) is 27.9 Å². The molecule has 2 heterocycles. The van der Waals surface area contributed by atoms with E-state index in [1.165, 1.54) is 6.07 Å². The maximum atomic E-state index is 13.8. The van der Waals surface area contributed by atoms with E-state index in [4.69, 9.17) is 5.73 Å². The number of nitrogens with two attached hydrogens (primary N) is 1. The predicted molar refractivity (Wildman–Crippen MR) is 94.8 cm³/mol. The standard InChI is InChI=1S/C19H17F5N4/c20-11-2-1-10(5-13(11)22)8-28-18-7-15(24)14(23)6-17(18)26-19(28)27-4-3-12(21)16(25)9-27/h1-2,5-7,12,16H,3-4,8-9,25H2/t12?,16-/m1/s1. The Morgan fingerprint density at radius 2 is 1.71 bits per heavy atom. The fourth-order valence-corrected chi connectivity index (χ4v) is 3.46. The van der Waals surface area contributed by atoms with E-state index in [1.807, 2.05) is 0 Å². The molecule has 1 fully saturated rings. The first-order chi connectivity index (χ1) is 13.3. The zero-order valence-electron chi connectivity index (χ0n) is 14.7. The number of fused-ring (bicyclic) bond motifs is 1. The van der Waals surface area contributed by atoms with Crippen LogP contribution in [0.25, 0.3) is 11.0 Å². The van der Waals surface area contributed by atoms with Crippen molar-refractivity contribution in [1.29, 1.82) is 0 Å². The molecule has 2 N–H and O–H groups in total. The maximum Gasteiger partial charge on any atom is 0.206 e. The highest BCUT2D eigenvalue weighted by Gasteiger charge is 2.29. The van der Waals surface area contributed by atoms with E-state index < -0.39 is 35.5 Å². The Bertz CT molecular complexity index is 1030. The number of hydrogen-bond donors (Lipinski definition) is 1. The summed E-state index contributed by atoms with van der Waals surface area (Å²) in [7, 11) is 0. The average molecular weight is 396 g/mol. The van der Waals surface area contributed by atoms with Gasteiger partial charge in [-0.05, 0) is 24.1 Å². The van der Waals surface area contributed by atoms with Gasteiger partial charge in [0.1, 0.15) is 6.17 Å². The van der Waals surface area contributed by atoms with Crippen molar-refractivity contribution < 1.29 is 22.0 Å². The van der Waals surface area contributed by atoms with Gasteiger partial charge in [0.2, 0.25) is 5.95 Å². The average Bonchev–Trinajstić information content (AvgIpc) is 2.98. The van der Waals surface area contributed by atoms with Crippen LogP contribution in [0.1, 0.15) is 12.0 Å². The predicted octanol–water partition coefficient (Wildman–Crippen LogP) is 3.52. The van der Waals surface area contributed by atoms with Crippen LogP contribution in [-0.4, -0.2) is 34.9 Å². The summed E-state index contributed by atoms with van der Waals surface area (Å²) in [6, 6.07) is 4.67. The highest BCUT2D eigenvalue weighted by molar-refractivity contribution is 5.79. The van der Waals surface area contributed by atoms with E-state index in [9.17, 15) is 22.0 Å². The largest absolute Gasteiger partial charge is 0.340 e. The van der Waals surface area contributed by atoms with Gasteiger partial charge in [0, 0.05) is 25.2 Å². The number of imidazole rings is 1. The van der Waals surface area contributed by atoms with Gasteiger partial charge in [-0.1, -0.05) is 6.07 Å². The molecular weight excluding hydrogens is 379 g/mol. The van der Waals surface area contributed by atoms with Gasteiger partial charge in [0.25, 0.3) is 0 Å². The molecule has 0 bridgehead atoms. The molecule has 4 nitrogen and oxygen atoms in total. The van der Waals surface area contributed by atoms with Crippen molar-refractivity contribution in [3.63, 3.8) is 0 Å². The number of hydrogen-bond acceptors (Lipinski definition) is 3. The molecule has 2 aromatic carbocycles. The van der Waals surface area contributed by atoms with Crippen LogP contribution < -0.4 is 10.6 Å². The number of benzene rings is 2. The highest BCUT2D eigenvalue weighted by atomic mass is 19.2. The van der Waals surface area contributed by atoms with Gasteiger partial charge in [-0.15, -0.1) is 0 Å². The summed E-state index contributed by atoms with van der Waals surface area (Å²) in [5, 5.41) is 0. The Kier molecular flexibility index (Phi) is 4.70. The molecule has 0 spiro atoms. The third-order valence-electron chi connectivity index (χ3n) is 4.95. The third kappa shape index (κ3) is 3.30. The first-order valence-corrected chi connectivity index (χ1v) is 8.77. The Morgan fingerprint density at radius 1 is 1.00 bits per heavy atom. The summed E-state index contributed by atoms with van der Waals surface area (Å²) in [5.74, 6) is -3.75. The van der Waals surface area contributed by atoms with E-state index in [2.05, 4.69) is 4.98 Å². The van der Waals surface area contributed by atoms with Crippen molar-refractivity contribution in [2.24, 2.45) is 5.73 Å². The summed E-state index contributed by atoms with van der Waals surface area (Å²) in [6.45, 7) is 0.535. The molecule has 28 heavy (non-hydrogen) atoms. The van der Waals surface area contributed by atoms with Crippen LogP contribution in [0.2, 0.25) is 0 Å². The monoisotopic (exact) mass is 396 g/mol. The molecule has 2 atom stereocenters. The lowest BCUT2D eigenvalue weighted by Crippen LogP contribution is -2.50. The topological polar surface area (TPSA) is 47.1 Å². The summed E-state index contributed by atoms with van der Waals surface area (Å²) in [4.78, 5) is 6.10. The van der Waals surface area contributed by atoms with Crippen LogP contribution in [-0.2, 0) is 6.54 Å². The number of rotatable bonds is 3. The van der Waals surface area contributed by atoms with Crippen molar-refractivity contribution >= 4 is 17.0 Å². The quantitative estimate of drug-likeness (QED) is 0.690. The minimum absolute atomic E-state index is 0.0406. The van der Waals surface area contributed by atoms with Crippen LogP contribution in [0, 0.1) is 23.3 Å². The summed E-state index contributed by atoms with van der Waals surface area (Å²) in [6.07, 6.45) is -0.951. The van der Waals surface area contributed by atoms with Crippen molar-refractivity contribution in [3.05, 3.63) is 59.2 Å². The maximum absolute atomic E-state index is 13.8. The van der Waals surface area contributed by atoms with Gasteiger partial charge in [-0.2, -0.15) is 0 Å². The zero-order valence-corrected chi connectivity index (χ0v) is 14.7. The number of aromatic nitrogens is 2. The fraction of sp³-hybridized carbons (Fsp3) is 0.316. The smallest absolute Gasteiger partial charge is 0.206 e. The van der Waals surface area contributed by atoms with Crippen molar-refractivity contribution in [1.82, 2.24) is 9.55 Å². The fourth-order valence-electron chi connectivity index (χ4n) is 3.46. The van der Waals surface area contributed by atoms with Crippen LogP contribution in [0.5, 0.6) is 0 Å². The first kappa shape index (κ1) is 18.7. The van der Waals surface area contributed by atoms with Gasteiger partial charge in [-0.3, -0.25) is 0 Å². The summed E-state index contributed by atoms with van der Waals surface area (Å²) in [5.41, 5.74) is 6.72. The minimum atomic E-state index is -1.14.